The van der Waals surface area contributed by atoms with Crippen molar-refractivity contribution in [2.75, 3.05) is 13.2 Å². The molecule has 1 atom stereocenters. The van der Waals surface area contributed by atoms with Crippen LogP contribution in [0.25, 0.3) is 23.0 Å². The normalized spacial score (nSPS) is 19.5. The van der Waals surface area contributed by atoms with Gasteiger partial charge in [-0.05, 0) is 43.5 Å². The maximum absolute atomic E-state index is 13.5. The lowest BCUT2D eigenvalue weighted by Crippen LogP contribution is -2.46. The third kappa shape index (κ3) is 4.32. The fourth-order valence-corrected chi connectivity index (χ4v) is 4.47. The molecular weight excluding hydrogens is 440 g/mol. The molecule has 3 heterocycles. The summed E-state index contributed by atoms with van der Waals surface area (Å²) in [5.74, 6) is -0.987. The lowest BCUT2D eigenvalue weighted by Gasteiger charge is -2.29. The highest BCUT2D eigenvalue weighted by molar-refractivity contribution is 6.19. The van der Waals surface area contributed by atoms with E-state index in [4.69, 9.17) is 9.84 Å². The molecule has 2 amide bonds. The lowest BCUT2D eigenvalue weighted by molar-refractivity contribution is -0.142. The van der Waals surface area contributed by atoms with Crippen LogP contribution in [0.1, 0.15) is 25.3 Å². The van der Waals surface area contributed by atoms with Gasteiger partial charge in [0.25, 0.3) is 11.8 Å². The number of nitrogens with zero attached hydrogens (tertiary/aromatic N) is 4. The van der Waals surface area contributed by atoms with Gasteiger partial charge in [-0.25, -0.2) is 4.68 Å². The van der Waals surface area contributed by atoms with Crippen LogP contribution in [0.4, 0.5) is 0 Å². The first-order chi connectivity index (χ1) is 17.1. The minimum Gasteiger partial charge on any atom is -0.376 e. The topological polar surface area (TPSA) is 88.2 Å². The van der Waals surface area contributed by atoms with E-state index in [2.05, 4.69) is 0 Å². The summed E-state index contributed by atoms with van der Waals surface area (Å²) in [6.45, 7) is 2.40. The summed E-state index contributed by atoms with van der Waals surface area (Å²) < 4.78 is 7.42. The van der Waals surface area contributed by atoms with E-state index in [1.807, 2.05) is 72.9 Å². The second kappa shape index (κ2) is 9.53. The molecule has 0 aliphatic carbocycles. The molecule has 35 heavy (non-hydrogen) atoms. The molecule has 1 unspecified atom stereocenters. The van der Waals surface area contributed by atoms with Gasteiger partial charge in [0.1, 0.15) is 11.6 Å². The van der Waals surface area contributed by atoms with E-state index in [-0.39, 0.29) is 18.2 Å². The minimum absolute atomic E-state index is 0.0226. The van der Waals surface area contributed by atoms with Crippen molar-refractivity contribution in [3.05, 3.63) is 89.1 Å². The lowest BCUT2D eigenvalue weighted by atomic mass is 9.93. The number of para-hydroxylation sites is 1. The average molecular weight is 465 g/mol. The highest BCUT2D eigenvalue weighted by Crippen LogP contribution is 2.31. The van der Waals surface area contributed by atoms with Crippen LogP contribution < -0.4 is 0 Å². The maximum Gasteiger partial charge on any atom is 0.271 e. The van der Waals surface area contributed by atoms with Gasteiger partial charge in [0.2, 0.25) is 0 Å². The summed E-state index contributed by atoms with van der Waals surface area (Å²) in [6, 6.07) is 21.4. The Hall–Kier alpha value is -4.28. The molecule has 2 aromatic carbocycles. The van der Waals surface area contributed by atoms with Crippen molar-refractivity contribution in [2.45, 2.75) is 25.9 Å². The third-order valence-corrected chi connectivity index (χ3v) is 6.35. The van der Waals surface area contributed by atoms with Crippen molar-refractivity contribution in [3.63, 3.8) is 0 Å². The van der Waals surface area contributed by atoms with E-state index in [0.29, 0.717) is 29.0 Å². The van der Waals surface area contributed by atoms with Gasteiger partial charge in [-0.2, -0.15) is 10.4 Å². The zero-order valence-corrected chi connectivity index (χ0v) is 19.3. The molecule has 1 fully saturated rings. The molecule has 2 aliphatic heterocycles. The predicted octanol–water partition coefficient (Wildman–Crippen LogP) is 4.31. The van der Waals surface area contributed by atoms with E-state index in [1.54, 1.807) is 17.7 Å². The molecule has 1 aromatic heterocycles. The summed E-state index contributed by atoms with van der Waals surface area (Å²) in [4.78, 5) is 27.7. The molecule has 0 radical (unpaired) electrons. The van der Waals surface area contributed by atoms with Crippen LogP contribution in [-0.4, -0.2) is 45.8 Å². The Kier molecular flexibility index (Phi) is 6.13. The van der Waals surface area contributed by atoms with Gasteiger partial charge in [0.15, 0.2) is 0 Å². The van der Waals surface area contributed by atoms with Gasteiger partial charge < -0.3 is 4.74 Å². The Bertz CT molecular complexity index is 1370. The number of imide groups is 1. The van der Waals surface area contributed by atoms with E-state index in [9.17, 15) is 14.9 Å². The summed E-state index contributed by atoms with van der Waals surface area (Å²) in [6.07, 6.45) is 5.06. The Balaban J connectivity index is 1.63. The number of hydrogen-bond acceptors (Lipinski definition) is 5. The number of rotatable bonds is 5. The molecule has 7 nitrogen and oxygen atoms in total. The molecule has 0 spiro atoms. The number of benzene rings is 2. The predicted molar refractivity (Wildman–Crippen MR) is 131 cm³/mol. The number of amides is 2. The summed E-state index contributed by atoms with van der Waals surface area (Å²) in [5, 5.41) is 14.5. The minimum atomic E-state index is -0.564. The van der Waals surface area contributed by atoms with Crippen LogP contribution in [0, 0.1) is 11.3 Å². The van der Waals surface area contributed by atoms with Gasteiger partial charge >= 0.3 is 0 Å². The van der Waals surface area contributed by atoms with Crippen LogP contribution in [-0.2, 0) is 14.3 Å². The van der Waals surface area contributed by atoms with Gasteiger partial charge in [0, 0.05) is 29.5 Å². The molecular formula is C28H24N4O3. The Morgan fingerprint density at radius 2 is 1.80 bits per heavy atom. The molecule has 0 saturated carbocycles. The van der Waals surface area contributed by atoms with E-state index >= 15 is 0 Å². The van der Waals surface area contributed by atoms with E-state index in [0.717, 1.165) is 29.0 Å². The van der Waals surface area contributed by atoms with Gasteiger partial charge in [-0.15, -0.1) is 0 Å². The standard InChI is InChI=1S/C28H24N4O3/c1-19-24(27(33)31(28(34)25(19)16-29)18-23-13-8-14-35-23)15-21-17-32(22-11-6-3-7-12-22)30-26(21)20-9-4-2-5-10-20/h2-7,9-12,15,17,23H,8,13-14,18H2,1H3. The van der Waals surface area contributed by atoms with Crippen molar-refractivity contribution in [2.24, 2.45) is 0 Å². The fourth-order valence-electron chi connectivity index (χ4n) is 4.47. The smallest absolute Gasteiger partial charge is 0.271 e. The molecule has 7 heteroatoms. The first-order valence-electron chi connectivity index (χ1n) is 11.6. The summed E-state index contributed by atoms with van der Waals surface area (Å²) in [5.41, 5.74) is 3.85. The maximum atomic E-state index is 13.5. The Morgan fingerprint density at radius 3 is 2.46 bits per heavy atom. The summed E-state index contributed by atoms with van der Waals surface area (Å²) in [7, 11) is 0. The highest BCUT2D eigenvalue weighted by atomic mass is 16.5. The van der Waals surface area contributed by atoms with E-state index in [1.165, 1.54) is 0 Å². The molecule has 0 bridgehead atoms. The largest absolute Gasteiger partial charge is 0.376 e. The van der Waals surface area contributed by atoms with Gasteiger partial charge in [-0.1, -0.05) is 48.5 Å². The molecule has 5 rings (SSSR count). The van der Waals surface area contributed by atoms with E-state index < -0.39 is 11.8 Å². The number of aromatic nitrogens is 2. The van der Waals surface area contributed by atoms with Crippen LogP contribution in [0.5, 0.6) is 0 Å². The number of ether oxygens (including phenoxy) is 1. The summed E-state index contributed by atoms with van der Waals surface area (Å²) >= 11 is 0. The zero-order valence-electron chi connectivity index (χ0n) is 19.3. The van der Waals surface area contributed by atoms with Crippen LogP contribution in [0.15, 0.2) is 83.6 Å². The molecule has 1 saturated heterocycles. The number of carbonyl (C=O) groups is 2. The van der Waals surface area contributed by atoms with Crippen molar-refractivity contribution >= 4 is 17.9 Å². The number of hydrogen-bond donors (Lipinski definition) is 0. The second-order valence-corrected chi connectivity index (χ2v) is 8.60. The second-order valence-electron chi connectivity index (χ2n) is 8.60. The molecule has 2 aliphatic rings. The average Bonchev–Trinajstić information content (AvgIpc) is 3.56. The van der Waals surface area contributed by atoms with Crippen molar-refractivity contribution < 1.29 is 14.3 Å². The van der Waals surface area contributed by atoms with Crippen molar-refractivity contribution in [3.8, 4) is 23.0 Å². The van der Waals surface area contributed by atoms with Crippen LogP contribution in [0.2, 0.25) is 0 Å². The van der Waals surface area contributed by atoms with Gasteiger partial charge in [0.05, 0.1) is 24.0 Å². The zero-order chi connectivity index (χ0) is 24.4. The van der Waals surface area contributed by atoms with Crippen LogP contribution in [0.3, 0.4) is 0 Å². The highest BCUT2D eigenvalue weighted by Gasteiger charge is 2.37. The van der Waals surface area contributed by atoms with Gasteiger partial charge in [-0.3, -0.25) is 14.5 Å². The Morgan fingerprint density at radius 1 is 1.09 bits per heavy atom. The Labute approximate surface area is 203 Å². The monoisotopic (exact) mass is 464 g/mol. The molecule has 3 aromatic rings. The molecule has 0 N–H and O–H groups in total. The first kappa shape index (κ1) is 22.5. The quantitative estimate of drug-likeness (QED) is 0.415. The molecule has 174 valence electrons. The SMILES string of the molecule is CC1=C(C#N)C(=O)N(CC2CCCO2)C(=O)C1=Cc1cn(-c2ccccc2)nc1-c1ccccc1. The third-order valence-electron chi connectivity index (χ3n) is 6.35. The first-order valence-corrected chi connectivity index (χ1v) is 11.6. The number of carbonyl (C=O) groups excluding carboxylic acids is 2. The van der Waals surface area contributed by atoms with Crippen molar-refractivity contribution in [1.29, 1.82) is 5.26 Å². The van der Waals surface area contributed by atoms with Crippen molar-refractivity contribution in [1.82, 2.24) is 14.7 Å². The van der Waals surface area contributed by atoms with Crippen LogP contribution >= 0.6 is 0 Å². The fraction of sp³-hybridized carbons (Fsp3) is 0.214. The number of nitriles is 1.